The quantitative estimate of drug-likeness (QED) is 0.694. The first kappa shape index (κ1) is 23.1. The Morgan fingerprint density at radius 3 is 2.47 bits per heavy atom. The molecular formula is C25H29Cl2N3O2. The minimum atomic E-state index is -0.328. The third kappa shape index (κ3) is 5.28. The van der Waals surface area contributed by atoms with Crippen LogP contribution in [0, 0.1) is 6.92 Å². The number of nitrogens with one attached hydrogen (secondary N) is 1. The molecule has 32 heavy (non-hydrogen) atoms. The molecular weight excluding hydrogens is 445 g/mol. The second-order valence-electron chi connectivity index (χ2n) is 8.76. The van der Waals surface area contributed by atoms with Crippen molar-refractivity contribution >= 4 is 35.0 Å². The predicted molar refractivity (Wildman–Crippen MR) is 129 cm³/mol. The van der Waals surface area contributed by atoms with E-state index in [1.807, 2.05) is 4.90 Å². The Kier molecular flexibility index (Phi) is 7.39. The summed E-state index contributed by atoms with van der Waals surface area (Å²) in [6, 6.07) is 13.8. The molecule has 2 aromatic rings. The van der Waals surface area contributed by atoms with Crippen molar-refractivity contribution in [3.8, 4) is 0 Å². The third-order valence-corrected chi connectivity index (χ3v) is 7.51. The summed E-state index contributed by atoms with van der Waals surface area (Å²) in [5, 5.41) is 3.41. The number of aryl methyl sites for hydroxylation is 1. The summed E-state index contributed by atoms with van der Waals surface area (Å²) in [6.07, 6.45) is 3.31. The number of hydrogen-bond donors (Lipinski definition) is 1. The molecule has 0 aromatic heterocycles. The summed E-state index contributed by atoms with van der Waals surface area (Å²) in [5.41, 5.74) is 3.25. The zero-order valence-corrected chi connectivity index (χ0v) is 19.8. The van der Waals surface area contributed by atoms with E-state index in [2.05, 4.69) is 41.4 Å². The van der Waals surface area contributed by atoms with E-state index in [4.69, 9.17) is 23.2 Å². The fraction of sp³-hybridized carbons (Fsp3) is 0.440. The lowest BCUT2D eigenvalue weighted by Gasteiger charge is -2.36. The van der Waals surface area contributed by atoms with Crippen molar-refractivity contribution in [2.24, 2.45) is 0 Å². The summed E-state index contributed by atoms with van der Waals surface area (Å²) >= 11 is 11.9. The monoisotopic (exact) mass is 473 g/mol. The topological polar surface area (TPSA) is 52.6 Å². The average Bonchev–Trinajstić information content (AvgIpc) is 3.30. The van der Waals surface area contributed by atoms with Crippen LogP contribution in [0.1, 0.15) is 46.7 Å². The van der Waals surface area contributed by atoms with Crippen molar-refractivity contribution in [3.63, 3.8) is 0 Å². The second kappa shape index (κ2) is 10.2. The fourth-order valence-electron chi connectivity index (χ4n) is 4.89. The summed E-state index contributed by atoms with van der Waals surface area (Å²) in [4.78, 5) is 29.4. The molecule has 0 bridgehead atoms. The lowest BCUT2D eigenvalue weighted by atomic mass is 9.86. The zero-order chi connectivity index (χ0) is 22.7. The number of nitrogens with zero attached hydrogens (tertiary/aromatic N) is 2. The minimum absolute atomic E-state index is 0.0127. The molecule has 2 aromatic carbocycles. The van der Waals surface area contributed by atoms with E-state index >= 15 is 0 Å². The molecule has 0 aliphatic carbocycles. The van der Waals surface area contributed by atoms with Gasteiger partial charge in [0, 0.05) is 24.7 Å². The van der Waals surface area contributed by atoms with Crippen molar-refractivity contribution in [2.75, 3.05) is 32.7 Å². The molecule has 5 nitrogen and oxygen atoms in total. The van der Waals surface area contributed by atoms with Crippen molar-refractivity contribution in [1.29, 1.82) is 0 Å². The molecule has 7 heteroatoms. The van der Waals surface area contributed by atoms with E-state index in [-0.39, 0.29) is 18.4 Å². The SMILES string of the molecule is Cc1ccccc1C1CCN(C2CCN(C(=O)CNC(=O)c3ccc(Cl)c(Cl)c3)C2)CC1. The highest BCUT2D eigenvalue weighted by molar-refractivity contribution is 6.42. The number of amides is 2. The van der Waals surface area contributed by atoms with Crippen molar-refractivity contribution in [1.82, 2.24) is 15.1 Å². The molecule has 0 saturated carbocycles. The first-order chi connectivity index (χ1) is 15.4. The number of piperidine rings is 1. The Hall–Kier alpha value is -2.08. The Balaban J connectivity index is 1.24. The molecule has 2 heterocycles. The van der Waals surface area contributed by atoms with Crippen LogP contribution in [0.5, 0.6) is 0 Å². The summed E-state index contributed by atoms with van der Waals surface area (Å²) < 4.78 is 0. The Morgan fingerprint density at radius 2 is 1.75 bits per heavy atom. The molecule has 1 atom stereocenters. The van der Waals surface area contributed by atoms with E-state index in [0.29, 0.717) is 27.6 Å². The molecule has 4 rings (SSSR count). The molecule has 2 amide bonds. The van der Waals surface area contributed by atoms with Crippen molar-refractivity contribution in [3.05, 3.63) is 69.2 Å². The van der Waals surface area contributed by atoms with Gasteiger partial charge in [-0.2, -0.15) is 0 Å². The summed E-state index contributed by atoms with van der Waals surface area (Å²) in [7, 11) is 0. The van der Waals surface area contributed by atoms with E-state index < -0.39 is 0 Å². The van der Waals surface area contributed by atoms with Gasteiger partial charge in [-0.25, -0.2) is 0 Å². The van der Waals surface area contributed by atoms with Crippen LogP contribution in [-0.2, 0) is 4.79 Å². The predicted octanol–water partition coefficient (Wildman–Crippen LogP) is 4.51. The number of carbonyl (C=O) groups is 2. The number of benzene rings is 2. The maximum Gasteiger partial charge on any atom is 0.251 e. The van der Waals surface area contributed by atoms with Gasteiger partial charge in [-0.3, -0.25) is 14.5 Å². The summed E-state index contributed by atoms with van der Waals surface area (Å²) in [6.45, 7) is 5.80. The number of rotatable bonds is 5. The van der Waals surface area contributed by atoms with Crippen molar-refractivity contribution < 1.29 is 9.59 Å². The molecule has 1 N–H and O–H groups in total. The van der Waals surface area contributed by atoms with Gasteiger partial charge >= 0.3 is 0 Å². The van der Waals surface area contributed by atoms with Crippen LogP contribution in [0.3, 0.4) is 0 Å². The Bertz CT molecular complexity index is 989. The van der Waals surface area contributed by atoms with Gasteiger partial charge in [-0.05, 0) is 74.5 Å². The number of halogens is 2. The lowest BCUT2D eigenvalue weighted by Crippen LogP contribution is -2.44. The molecule has 170 valence electrons. The average molecular weight is 474 g/mol. The smallest absolute Gasteiger partial charge is 0.251 e. The number of hydrogen-bond acceptors (Lipinski definition) is 3. The van der Waals surface area contributed by atoms with Gasteiger partial charge in [-0.1, -0.05) is 47.5 Å². The van der Waals surface area contributed by atoms with E-state index in [1.54, 1.807) is 12.1 Å². The van der Waals surface area contributed by atoms with Gasteiger partial charge in [0.15, 0.2) is 0 Å². The fourth-order valence-corrected chi connectivity index (χ4v) is 5.19. The van der Waals surface area contributed by atoms with Gasteiger partial charge in [0.25, 0.3) is 5.91 Å². The number of likely N-dealkylation sites (tertiary alicyclic amines) is 2. The van der Waals surface area contributed by atoms with Crippen LogP contribution in [0.15, 0.2) is 42.5 Å². The maximum atomic E-state index is 12.7. The molecule has 1 unspecified atom stereocenters. The zero-order valence-electron chi connectivity index (χ0n) is 18.3. The van der Waals surface area contributed by atoms with Crippen LogP contribution in [0.2, 0.25) is 10.0 Å². The van der Waals surface area contributed by atoms with Crippen LogP contribution in [0.25, 0.3) is 0 Å². The van der Waals surface area contributed by atoms with Gasteiger partial charge in [0.2, 0.25) is 5.91 Å². The minimum Gasteiger partial charge on any atom is -0.343 e. The second-order valence-corrected chi connectivity index (χ2v) is 9.58. The first-order valence-corrected chi connectivity index (χ1v) is 12.0. The van der Waals surface area contributed by atoms with Gasteiger partial charge in [0.1, 0.15) is 0 Å². The highest BCUT2D eigenvalue weighted by Crippen LogP contribution is 2.32. The van der Waals surface area contributed by atoms with Gasteiger partial charge < -0.3 is 10.2 Å². The summed E-state index contributed by atoms with van der Waals surface area (Å²) in [5.74, 6) is 0.254. The van der Waals surface area contributed by atoms with Crippen LogP contribution in [0.4, 0.5) is 0 Å². The Morgan fingerprint density at radius 1 is 1.00 bits per heavy atom. The third-order valence-electron chi connectivity index (χ3n) is 6.77. The molecule has 2 fully saturated rings. The van der Waals surface area contributed by atoms with Crippen LogP contribution in [-0.4, -0.2) is 60.4 Å². The van der Waals surface area contributed by atoms with E-state index in [9.17, 15) is 9.59 Å². The number of carbonyl (C=O) groups excluding carboxylic acids is 2. The highest BCUT2D eigenvalue weighted by atomic mass is 35.5. The van der Waals surface area contributed by atoms with Crippen LogP contribution >= 0.6 is 23.2 Å². The van der Waals surface area contributed by atoms with Gasteiger partial charge in [0.05, 0.1) is 16.6 Å². The largest absolute Gasteiger partial charge is 0.343 e. The highest BCUT2D eigenvalue weighted by Gasteiger charge is 2.33. The Labute approximate surface area is 199 Å². The molecule has 2 aliphatic heterocycles. The maximum absolute atomic E-state index is 12.7. The van der Waals surface area contributed by atoms with E-state index in [0.717, 1.165) is 45.4 Å². The first-order valence-electron chi connectivity index (χ1n) is 11.2. The normalized spacial score (nSPS) is 19.8. The molecule has 0 spiro atoms. The standard InChI is InChI=1S/C25H29Cl2N3O2/c1-17-4-2-3-5-21(17)18-8-11-29(12-9-18)20-10-13-30(16-20)24(31)15-28-25(32)19-6-7-22(26)23(27)14-19/h2-7,14,18,20H,8-13,15-16H2,1H3,(H,28,32). The van der Waals surface area contributed by atoms with Gasteiger partial charge in [-0.15, -0.1) is 0 Å². The molecule has 0 radical (unpaired) electrons. The van der Waals surface area contributed by atoms with Crippen molar-refractivity contribution in [2.45, 2.75) is 38.1 Å². The van der Waals surface area contributed by atoms with Crippen LogP contribution < -0.4 is 5.32 Å². The molecule has 2 aliphatic rings. The molecule has 2 saturated heterocycles. The lowest BCUT2D eigenvalue weighted by molar-refractivity contribution is -0.129. The van der Waals surface area contributed by atoms with E-state index in [1.165, 1.54) is 17.2 Å².